The number of nitrogens with zero attached hydrogens (tertiary/aromatic N) is 3. The van der Waals surface area contributed by atoms with E-state index >= 15 is 0 Å². The fraction of sp³-hybridized carbons (Fsp3) is 0.444. The van der Waals surface area contributed by atoms with E-state index in [-0.39, 0.29) is 6.09 Å². The Morgan fingerprint density at radius 3 is 2.38 bits per heavy atom. The van der Waals surface area contributed by atoms with Crippen LogP contribution in [-0.2, 0) is 17.8 Å². The second-order valence-electron chi connectivity index (χ2n) is 7.20. The molecular formula is C18H22BrN3O2. The van der Waals surface area contributed by atoms with E-state index in [2.05, 4.69) is 41.9 Å². The number of carbonyl (C=O) groups is 1. The second-order valence-corrected chi connectivity index (χ2v) is 7.96. The zero-order valence-corrected chi connectivity index (χ0v) is 16.3. The number of ether oxygens (including phenoxy) is 1. The average Bonchev–Trinajstić information content (AvgIpc) is 2.98. The van der Waals surface area contributed by atoms with E-state index < -0.39 is 5.60 Å². The van der Waals surface area contributed by atoms with Crippen LogP contribution in [0, 0.1) is 13.8 Å². The van der Waals surface area contributed by atoms with Crippen LogP contribution >= 0.6 is 15.9 Å². The molecule has 3 rings (SSSR count). The molecule has 1 aromatic heterocycles. The SMILES string of the molecule is Cc1cccc(C)c1-n1nc2c(c1Br)CN(C(=O)OC(C)(C)C)C2. The van der Waals surface area contributed by atoms with Gasteiger partial charge in [-0.2, -0.15) is 5.10 Å². The van der Waals surface area contributed by atoms with Crippen LogP contribution in [0.4, 0.5) is 4.79 Å². The number of carbonyl (C=O) groups excluding carboxylic acids is 1. The first-order valence-electron chi connectivity index (χ1n) is 7.98. The summed E-state index contributed by atoms with van der Waals surface area (Å²) >= 11 is 3.67. The largest absolute Gasteiger partial charge is 0.444 e. The summed E-state index contributed by atoms with van der Waals surface area (Å²) in [5, 5.41) is 4.73. The van der Waals surface area contributed by atoms with E-state index in [1.165, 1.54) is 11.1 Å². The molecule has 0 bridgehead atoms. The fourth-order valence-corrected chi connectivity index (χ4v) is 3.54. The number of amides is 1. The summed E-state index contributed by atoms with van der Waals surface area (Å²) in [5.41, 5.74) is 4.88. The first kappa shape index (κ1) is 17.0. The number of rotatable bonds is 1. The molecule has 6 heteroatoms. The number of hydrogen-bond donors (Lipinski definition) is 0. The van der Waals surface area contributed by atoms with Gasteiger partial charge >= 0.3 is 6.09 Å². The minimum Gasteiger partial charge on any atom is -0.444 e. The van der Waals surface area contributed by atoms with Gasteiger partial charge in [0.05, 0.1) is 24.5 Å². The normalized spacial score (nSPS) is 14.0. The Morgan fingerprint density at radius 2 is 1.83 bits per heavy atom. The summed E-state index contributed by atoms with van der Waals surface area (Å²) in [6.07, 6.45) is -0.300. The fourth-order valence-electron chi connectivity index (χ4n) is 2.93. The van der Waals surface area contributed by atoms with Crippen LogP contribution in [-0.4, -0.2) is 26.4 Å². The monoisotopic (exact) mass is 391 g/mol. The average molecular weight is 392 g/mol. The van der Waals surface area contributed by atoms with E-state index in [1.54, 1.807) is 4.90 Å². The van der Waals surface area contributed by atoms with Crippen molar-refractivity contribution >= 4 is 22.0 Å². The number of aryl methyl sites for hydroxylation is 2. The quantitative estimate of drug-likeness (QED) is 0.718. The van der Waals surface area contributed by atoms with Crippen molar-refractivity contribution in [1.29, 1.82) is 0 Å². The van der Waals surface area contributed by atoms with Crippen molar-refractivity contribution in [3.05, 3.63) is 45.2 Å². The molecule has 1 aromatic carbocycles. The maximum absolute atomic E-state index is 12.3. The molecule has 0 saturated carbocycles. The van der Waals surface area contributed by atoms with E-state index in [0.717, 1.165) is 21.5 Å². The summed E-state index contributed by atoms with van der Waals surface area (Å²) in [4.78, 5) is 13.9. The van der Waals surface area contributed by atoms with Crippen LogP contribution in [0.3, 0.4) is 0 Å². The molecule has 5 nitrogen and oxygen atoms in total. The van der Waals surface area contributed by atoms with Crippen molar-refractivity contribution in [3.63, 3.8) is 0 Å². The van der Waals surface area contributed by atoms with Crippen molar-refractivity contribution in [2.75, 3.05) is 0 Å². The minimum atomic E-state index is -0.494. The van der Waals surface area contributed by atoms with Crippen molar-refractivity contribution in [1.82, 2.24) is 14.7 Å². The molecule has 2 heterocycles. The molecule has 1 amide bonds. The van der Waals surface area contributed by atoms with Crippen LogP contribution in [0.15, 0.2) is 22.8 Å². The molecule has 0 fully saturated rings. The zero-order chi connectivity index (χ0) is 17.6. The van der Waals surface area contributed by atoms with Crippen molar-refractivity contribution in [2.24, 2.45) is 0 Å². The molecule has 0 aliphatic carbocycles. The maximum atomic E-state index is 12.3. The van der Waals surface area contributed by atoms with E-state index in [9.17, 15) is 4.79 Å². The maximum Gasteiger partial charge on any atom is 0.410 e. The van der Waals surface area contributed by atoms with Crippen LogP contribution in [0.25, 0.3) is 5.69 Å². The third-order valence-electron chi connectivity index (χ3n) is 4.00. The molecule has 1 aliphatic heterocycles. The van der Waals surface area contributed by atoms with Gasteiger partial charge in [0, 0.05) is 5.56 Å². The molecule has 1 aliphatic rings. The second kappa shape index (κ2) is 5.92. The number of para-hydroxylation sites is 1. The molecule has 0 saturated heterocycles. The zero-order valence-electron chi connectivity index (χ0n) is 14.7. The Hall–Kier alpha value is -1.82. The highest BCUT2D eigenvalue weighted by Crippen LogP contribution is 2.33. The Morgan fingerprint density at radius 1 is 1.21 bits per heavy atom. The first-order chi connectivity index (χ1) is 11.2. The number of fused-ring (bicyclic) bond motifs is 1. The van der Waals surface area contributed by atoms with Crippen LogP contribution < -0.4 is 0 Å². The Labute approximate surface area is 150 Å². The predicted octanol–water partition coefficient (Wildman–Crippen LogP) is 4.50. The van der Waals surface area contributed by atoms with Gasteiger partial charge < -0.3 is 4.74 Å². The summed E-state index contributed by atoms with van der Waals surface area (Å²) in [5.74, 6) is 0. The first-order valence-corrected chi connectivity index (χ1v) is 8.77. The summed E-state index contributed by atoms with van der Waals surface area (Å²) in [6, 6.07) is 6.20. The smallest absolute Gasteiger partial charge is 0.410 e. The molecule has 2 aromatic rings. The van der Waals surface area contributed by atoms with Gasteiger partial charge in [0.15, 0.2) is 0 Å². The number of aromatic nitrogens is 2. The van der Waals surface area contributed by atoms with Crippen LogP contribution in [0.1, 0.15) is 43.2 Å². The molecule has 0 unspecified atom stereocenters. The molecule has 128 valence electrons. The number of halogens is 1. The van der Waals surface area contributed by atoms with Crippen molar-refractivity contribution in [2.45, 2.75) is 53.3 Å². The van der Waals surface area contributed by atoms with Gasteiger partial charge in [0.1, 0.15) is 10.2 Å². The van der Waals surface area contributed by atoms with Gasteiger partial charge in [-0.15, -0.1) is 0 Å². The molecule has 0 radical (unpaired) electrons. The molecule has 0 atom stereocenters. The molecule has 0 spiro atoms. The third kappa shape index (κ3) is 3.07. The lowest BCUT2D eigenvalue weighted by Gasteiger charge is -2.24. The summed E-state index contributed by atoms with van der Waals surface area (Å²) in [7, 11) is 0. The lowest BCUT2D eigenvalue weighted by Crippen LogP contribution is -2.33. The van der Waals surface area contributed by atoms with Gasteiger partial charge in [-0.1, -0.05) is 18.2 Å². The van der Waals surface area contributed by atoms with E-state index in [1.807, 2.05) is 31.5 Å². The number of benzene rings is 1. The third-order valence-corrected chi connectivity index (χ3v) is 4.81. The number of hydrogen-bond acceptors (Lipinski definition) is 3. The Kier molecular flexibility index (Phi) is 4.20. The standard InChI is InChI=1S/C18H22BrN3O2/c1-11-7-6-8-12(2)15(11)22-16(19)13-9-21(10-14(13)20-22)17(23)24-18(3,4)5/h6-8H,9-10H2,1-5H3. The van der Waals surface area contributed by atoms with Crippen molar-refractivity contribution < 1.29 is 9.53 Å². The van der Waals surface area contributed by atoms with Gasteiger partial charge in [-0.25, -0.2) is 9.48 Å². The predicted molar refractivity (Wildman–Crippen MR) is 96.2 cm³/mol. The highest BCUT2D eigenvalue weighted by atomic mass is 79.9. The topological polar surface area (TPSA) is 47.4 Å². The van der Waals surface area contributed by atoms with Crippen LogP contribution in [0.2, 0.25) is 0 Å². The highest BCUT2D eigenvalue weighted by molar-refractivity contribution is 9.10. The van der Waals surface area contributed by atoms with E-state index in [4.69, 9.17) is 9.84 Å². The van der Waals surface area contributed by atoms with Gasteiger partial charge in [-0.05, 0) is 61.7 Å². The van der Waals surface area contributed by atoms with Crippen LogP contribution in [0.5, 0.6) is 0 Å². The van der Waals surface area contributed by atoms with E-state index in [0.29, 0.717) is 13.1 Å². The lowest BCUT2D eigenvalue weighted by atomic mass is 10.1. The van der Waals surface area contributed by atoms with Gasteiger partial charge in [0.25, 0.3) is 0 Å². The molecular weight excluding hydrogens is 370 g/mol. The molecule has 24 heavy (non-hydrogen) atoms. The Bertz CT molecular complexity index is 785. The summed E-state index contributed by atoms with van der Waals surface area (Å²) < 4.78 is 8.29. The lowest BCUT2D eigenvalue weighted by molar-refractivity contribution is 0.0239. The van der Waals surface area contributed by atoms with Gasteiger partial charge in [-0.3, -0.25) is 4.90 Å². The van der Waals surface area contributed by atoms with Crippen molar-refractivity contribution in [3.8, 4) is 5.69 Å². The Balaban J connectivity index is 1.88. The highest BCUT2D eigenvalue weighted by Gasteiger charge is 2.32. The molecule has 0 N–H and O–H groups in total. The van der Waals surface area contributed by atoms with Gasteiger partial charge in [0.2, 0.25) is 0 Å². The summed E-state index contributed by atoms with van der Waals surface area (Å²) in [6.45, 7) is 10.8. The minimum absolute atomic E-state index is 0.300.